The van der Waals surface area contributed by atoms with Crippen LogP contribution in [0.5, 0.6) is 0 Å². The van der Waals surface area contributed by atoms with Gasteiger partial charge in [0.1, 0.15) is 0 Å². The van der Waals surface area contributed by atoms with E-state index < -0.39 is 6.17 Å². The quantitative estimate of drug-likeness (QED) is 0.568. The lowest BCUT2D eigenvalue weighted by Crippen LogP contribution is -2.24. The molecule has 1 nitrogen and oxygen atoms in total. The second kappa shape index (κ2) is 3.16. The van der Waals surface area contributed by atoms with Crippen LogP contribution in [-0.2, 0) is 4.79 Å². The van der Waals surface area contributed by atoms with Gasteiger partial charge in [-0.05, 0) is 24.3 Å². The number of carbonyl (C=O) groups is 1. The maximum Gasteiger partial charge on any atom is 0.189 e. The van der Waals surface area contributed by atoms with Crippen LogP contribution in [0.1, 0.15) is 20.3 Å². The van der Waals surface area contributed by atoms with Gasteiger partial charge in [-0.1, -0.05) is 19.9 Å². The van der Waals surface area contributed by atoms with Gasteiger partial charge in [0.2, 0.25) is 0 Å². The Hall–Kier alpha value is -0.660. The Balaban J connectivity index is 2.63. The molecule has 62 valence electrons. The molecule has 0 bridgehead atoms. The van der Waals surface area contributed by atoms with Gasteiger partial charge in [0.15, 0.2) is 12.0 Å². The molecular weight excluding hydrogens is 143 g/mol. The number of allylic oxidation sites excluding steroid dienone is 2. The van der Waals surface area contributed by atoms with Gasteiger partial charge in [0, 0.05) is 0 Å². The first kappa shape index (κ1) is 8.44. The van der Waals surface area contributed by atoms with Gasteiger partial charge >= 0.3 is 0 Å². The fourth-order valence-corrected chi connectivity index (χ4v) is 1.25. The second-order valence-electron chi connectivity index (χ2n) is 3.37. The predicted octanol–water partition coefficient (Wildman–Crippen LogP) is 2.13. The Labute approximate surface area is 66.3 Å². The Morgan fingerprint density at radius 2 is 2.27 bits per heavy atom. The van der Waals surface area contributed by atoms with Crippen molar-refractivity contribution in [3.8, 4) is 0 Å². The van der Waals surface area contributed by atoms with Gasteiger partial charge in [-0.3, -0.25) is 4.79 Å². The summed E-state index contributed by atoms with van der Waals surface area (Å²) < 4.78 is 12.8. The topological polar surface area (TPSA) is 17.1 Å². The van der Waals surface area contributed by atoms with Crippen molar-refractivity contribution in [2.24, 2.45) is 11.8 Å². The van der Waals surface area contributed by atoms with E-state index in [0.29, 0.717) is 12.3 Å². The van der Waals surface area contributed by atoms with Crippen molar-refractivity contribution in [3.05, 3.63) is 12.2 Å². The van der Waals surface area contributed by atoms with Gasteiger partial charge in [0.25, 0.3) is 0 Å². The summed E-state index contributed by atoms with van der Waals surface area (Å²) in [7, 11) is 0. The van der Waals surface area contributed by atoms with Gasteiger partial charge in [-0.15, -0.1) is 0 Å². The van der Waals surface area contributed by atoms with E-state index in [1.165, 1.54) is 6.08 Å². The highest BCUT2D eigenvalue weighted by atomic mass is 19.1. The van der Waals surface area contributed by atoms with Crippen LogP contribution in [0.2, 0.25) is 0 Å². The molecule has 2 heteroatoms. The minimum absolute atomic E-state index is 0.239. The van der Waals surface area contributed by atoms with Crippen molar-refractivity contribution in [2.45, 2.75) is 26.4 Å². The summed E-state index contributed by atoms with van der Waals surface area (Å²) in [4.78, 5) is 10.7. The fraction of sp³-hybridized carbons (Fsp3) is 0.667. The van der Waals surface area contributed by atoms with Crippen molar-refractivity contribution in [2.75, 3.05) is 0 Å². The van der Waals surface area contributed by atoms with Gasteiger partial charge in [-0.25, -0.2) is 4.39 Å². The molecule has 0 aromatic carbocycles. The third-order valence-electron chi connectivity index (χ3n) is 2.15. The number of ketones is 1. The summed E-state index contributed by atoms with van der Waals surface area (Å²) in [5.41, 5.74) is 0. The molecule has 0 heterocycles. The van der Waals surface area contributed by atoms with Crippen LogP contribution in [0, 0.1) is 11.8 Å². The van der Waals surface area contributed by atoms with E-state index in [4.69, 9.17) is 0 Å². The largest absolute Gasteiger partial charge is 0.292 e. The van der Waals surface area contributed by atoms with Gasteiger partial charge in [0.05, 0.1) is 0 Å². The minimum atomic E-state index is -1.26. The average Bonchev–Trinajstić information content (AvgIpc) is 1.94. The molecule has 0 spiro atoms. The lowest BCUT2D eigenvalue weighted by Gasteiger charge is -2.21. The third kappa shape index (κ3) is 1.88. The zero-order valence-corrected chi connectivity index (χ0v) is 6.88. The molecule has 0 aromatic rings. The Morgan fingerprint density at radius 1 is 1.64 bits per heavy atom. The molecule has 0 N–H and O–H groups in total. The molecule has 0 radical (unpaired) electrons. The lowest BCUT2D eigenvalue weighted by atomic mass is 9.85. The highest BCUT2D eigenvalue weighted by molar-refractivity contribution is 5.94. The van der Waals surface area contributed by atoms with Crippen molar-refractivity contribution in [1.82, 2.24) is 0 Å². The predicted molar refractivity (Wildman–Crippen MR) is 42.0 cm³/mol. The lowest BCUT2D eigenvalue weighted by molar-refractivity contribution is -0.120. The molecule has 0 aliphatic heterocycles. The number of halogens is 1. The zero-order chi connectivity index (χ0) is 8.43. The summed E-state index contributed by atoms with van der Waals surface area (Å²) in [5.74, 6) is 0.294. The molecule has 2 atom stereocenters. The maximum atomic E-state index is 12.8. The molecular formula is C9H13FO. The van der Waals surface area contributed by atoms with Crippen LogP contribution in [0.3, 0.4) is 0 Å². The summed E-state index contributed by atoms with van der Waals surface area (Å²) in [6.07, 6.45) is 2.31. The average molecular weight is 156 g/mol. The van der Waals surface area contributed by atoms with Crippen LogP contribution in [0.25, 0.3) is 0 Å². The summed E-state index contributed by atoms with van der Waals surface area (Å²) in [5, 5.41) is 0. The van der Waals surface area contributed by atoms with E-state index in [0.717, 1.165) is 0 Å². The van der Waals surface area contributed by atoms with Crippen molar-refractivity contribution >= 4 is 5.78 Å². The van der Waals surface area contributed by atoms with Crippen LogP contribution >= 0.6 is 0 Å². The number of rotatable bonds is 1. The minimum Gasteiger partial charge on any atom is -0.292 e. The van der Waals surface area contributed by atoms with Gasteiger partial charge in [-0.2, -0.15) is 0 Å². The molecule has 0 fully saturated rings. The number of hydrogen-bond donors (Lipinski definition) is 0. The van der Waals surface area contributed by atoms with E-state index in [-0.39, 0.29) is 11.7 Å². The molecule has 1 aliphatic rings. The number of alkyl halides is 1. The summed E-state index contributed by atoms with van der Waals surface area (Å²) in [6, 6.07) is 0. The third-order valence-corrected chi connectivity index (χ3v) is 2.15. The second-order valence-corrected chi connectivity index (χ2v) is 3.37. The molecule has 1 rings (SSSR count). The molecule has 2 unspecified atom stereocenters. The summed E-state index contributed by atoms with van der Waals surface area (Å²) >= 11 is 0. The van der Waals surface area contributed by atoms with E-state index in [2.05, 4.69) is 0 Å². The summed E-state index contributed by atoms with van der Waals surface area (Å²) in [6.45, 7) is 4.08. The van der Waals surface area contributed by atoms with Crippen LogP contribution in [-0.4, -0.2) is 12.0 Å². The maximum absolute atomic E-state index is 12.8. The first-order chi connectivity index (χ1) is 5.11. The first-order valence-corrected chi connectivity index (χ1v) is 3.97. The van der Waals surface area contributed by atoms with E-state index in [9.17, 15) is 9.18 Å². The van der Waals surface area contributed by atoms with Crippen LogP contribution in [0.15, 0.2) is 12.2 Å². The molecule has 1 aliphatic carbocycles. The Kier molecular flexibility index (Phi) is 2.42. The van der Waals surface area contributed by atoms with Crippen molar-refractivity contribution in [1.29, 1.82) is 0 Å². The smallest absolute Gasteiger partial charge is 0.189 e. The standard InChI is InChI=1S/C9H13FO/c1-6(2)7-3-4-9(11)8(10)5-7/h3-4,6-8H,5H2,1-2H3. The van der Waals surface area contributed by atoms with E-state index >= 15 is 0 Å². The van der Waals surface area contributed by atoms with E-state index in [1.807, 2.05) is 19.9 Å². The van der Waals surface area contributed by atoms with Crippen LogP contribution < -0.4 is 0 Å². The molecule has 0 aromatic heterocycles. The van der Waals surface area contributed by atoms with Crippen molar-refractivity contribution < 1.29 is 9.18 Å². The number of carbonyl (C=O) groups excluding carboxylic acids is 1. The first-order valence-electron chi connectivity index (χ1n) is 3.97. The molecule has 11 heavy (non-hydrogen) atoms. The molecule has 0 saturated heterocycles. The Bertz CT molecular complexity index is 184. The highest BCUT2D eigenvalue weighted by Crippen LogP contribution is 2.24. The fourth-order valence-electron chi connectivity index (χ4n) is 1.25. The molecule has 0 amide bonds. The highest BCUT2D eigenvalue weighted by Gasteiger charge is 2.25. The zero-order valence-electron chi connectivity index (χ0n) is 6.88. The van der Waals surface area contributed by atoms with Crippen molar-refractivity contribution in [3.63, 3.8) is 0 Å². The normalized spacial score (nSPS) is 31.5. The number of hydrogen-bond acceptors (Lipinski definition) is 1. The van der Waals surface area contributed by atoms with Crippen LogP contribution in [0.4, 0.5) is 4.39 Å². The Morgan fingerprint density at radius 3 is 2.73 bits per heavy atom. The SMILES string of the molecule is CC(C)C1C=CC(=O)C(F)C1. The van der Waals surface area contributed by atoms with E-state index in [1.54, 1.807) is 0 Å². The van der Waals surface area contributed by atoms with Gasteiger partial charge < -0.3 is 0 Å². The monoisotopic (exact) mass is 156 g/mol. The molecule has 0 saturated carbocycles.